The molecule has 4 rings (SSSR count). The predicted octanol–water partition coefficient (Wildman–Crippen LogP) is 3.00. The number of cyclic esters (lactones) is 1. The molecule has 1 aromatic heterocycles. The Morgan fingerprint density at radius 2 is 1.77 bits per heavy atom. The summed E-state index contributed by atoms with van der Waals surface area (Å²) in [6.45, 7) is 0.0956. The van der Waals surface area contributed by atoms with Crippen LogP contribution in [0.1, 0.15) is 15.9 Å². The topological polar surface area (TPSA) is 76.8 Å². The van der Waals surface area contributed by atoms with E-state index in [0.717, 1.165) is 10.5 Å². The summed E-state index contributed by atoms with van der Waals surface area (Å²) in [6.07, 6.45) is -0.291. The second kappa shape index (κ2) is 6.48. The van der Waals surface area contributed by atoms with Crippen LogP contribution in [0.2, 0.25) is 0 Å². The van der Waals surface area contributed by atoms with Gasteiger partial charge in [0.25, 0.3) is 5.91 Å². The molecular weight excluding hydrogens is 334 g/mol. The molecular formula is C20H15NO5. The molecule has 130 valence electrons. The maximum Gasteiger partial charge on any atom is 0.417 e. The van der Waals surface area contributed by atoms with Gasteiger partial charge in [-0.2, -0.15) is 0 Å². The molecule has 0 N–H and O–H groups in total. The lowest BCUT2D eigenvalue weighted by atomic mass is 10.1. The lowest BCUT2D eigenvalue weighted by Gasteiger charge is -2.19. The van der Waals surface area contributed by atoms with E-state index >= 15 is 0 Å². The van der Waals surface area contributed by atoms with Crippen molar-refractivity contribution in [3.8, 4) is 0 Å². The van der Waals surface area contributed by atoms with E-state index in [1.165, 1.54) is 6.07 Å². The van der Waals surface area contributed by atoms with Crippen LogP contribution in [0.5, 0.6) is 0 Å². The average molecular weight is 349 g/mol. The summed E-state index contributed by atoms with van der Waals surface area (Å²) < 4.78 is 10.3. The van der Waals surface area contributed by atoms with Crippen molar-refractivity contribution < 1.29 is 18.7 Å². The Labute approximate surface area is 148 Å². The fourth-order valence-electron chi connectivity index (χ4n) is 3.09. The van der Waals surface area contributed by atoms with E-state index in [1.807, 2.05) is 30.3 Å². The summed E-state index contributed by atoms with van der Waals surface area (Å²) in [5.41, 5.74) is 0.408. The van der Waals surface area contributed by atoms with Gasteiger partial charge in [-0.25, -0.2) is 14.5 Å². The summed E-state index contributed by atoms with van der Waals surface area (Å²) in [4.78, 5) is 38.2. The van der Waals surface area contributed by atoms with Gasteiger partial charge in [-0.05, 0) is 24.1 Å². The lowest BCUT2D eigenvalue weighted by molar-refractivity contribution is 0.0771. The fraction of sp³-hybridized carbons (Fsp3) is 0.150. The average Bonchev–Trinajstić information content (AvgIpc) is 3.01. The first-order valence-corrected chi connectivity index (χ1v) is 8.20. The van der Waals surface area contributed by atoms with Crippen molar-refractivity contribution in [1.82, 2.24) is 4.90 Å². The SMILES string of the molecule is O=C1OC[C@H](Cc2ccccc2)N1C(=O)c1cc2ccccc2oc1=O. The first-order chi connectivity index (χ1) is 12.6. The molecule has 0 bridgehead atoms. The second-order valence-electron chi connectivity index (χ2n) is 6.08. The molecule has 1 aliphatic heterocycles. The zero-order valence-corrected chi connectivity index (χ0v) is 13.8. The minimum atomic E-state index is -0.771. The third-order valence-corrected chi connectivity index (χ3v) is 4.37. The first kappa shape index (κ1) is 16.1. The van der Waals surface area contributed by atoms with Gasteiger partial charge in [-0.1, -0.05) is 48.5 Å². The van der Waals surface area contributed by atoms with Gasteiger partial charge in [0.2, 0.25) is 0 Å². The predicted molar refractivity (Wildman–Crippen MR) is 93.9 cm³/mol. The summed E-state index contributed by atoms with van der Waals surface area (Å²) in [7, 11) is 0. The largest absolute Gasteiger partial charge is 0.447 e. The molecule has 2 heterocycles. The van der Waals surface area contributed by atoms with Crippen LogP contribution in [0.15, 0.2) is 69.9 Å². The maximum atomic E-state index is 12.9. The van der Waals surface area contributed by atoms with Gasteiger partial charge >= 0.3 is 11.7 Å². The van der Waals surface area contributed by atoms with Crippen molar-refractivity contribution in [2.75, 3.05) is 6.61 Å². The number of benzene rings is 2. The highest BCUT2D eigenvalue weighted by atomic mass is 16.6. The summed E-state index contributed by atoms with van der Waals surface area (Å²) in [5, 5.41) is 0.614. The molecule has 0 saturated carbocycles. The Morgan fingerprint density at radius 1 is 1.04 bits per heavy atom. The van der Waals surface area contributed by atoms with Gasteiger partial charge in [0.1, 0.15) is 17.8 Å². The highest BCUT2D eigenvalue weighted by molar-refractivity contribution is 6.05. The van der Waals surface area contributed by atoms with Gasteiger partial charge in [-0.3, -0.25) is 4.79 Å². The van der Waals surface area contributed by atoms with Crippen LogP contribution >= 0.6 is 0 Å². The summed E-state index contributed by atoms with van der Waals surface area (Å²) >= 11 is 0. The minimum absolute atomic E-state index is 0.0956. The number of carbonyl (C=O) groups excluding carboxylic acids is 2. The fourth-order valence-corrected chi connectivity index (χ4v) is 3.09. The maximum absolute atomic E-state index is 12.9. The van der Waals surface area contributed by atoms with E-state index in [9.17, 15) is 14.4 Å². The van der Waals surface area contributed by atoms with Crippen LogP contribution in [-0.2, 0) is 11.2 Å². The number of rotatable bonds is 3. The molecule has 1 saturated heterocycles. The number of nitrogens with zero attached hydrogens (tertiary/aromatic N) is 1. The number of carbonyl (C=O) groups is 2. The van der Waals surface area contributed by atoms with Gasteiger partial charge in [-0.15, -0.1) is 0 Å². The van der Waals surface area contributed by atoms with Crippen molar-refractivity contribution in [1.29, 1.82) is 0 Å². The number of amides is 2. The molecule has 2 aromatic carbocycles. The minimum Gasteiger partial charge on any atom is -0.447 e. The molecule has 0 radical (unpaired) electrons. The number of hydrogen-bond acceptors (Lipinski definition) is 5. The molecule has 26 heavy (non-hydrogen) atoms. The molecule has 6 nitrogen and oxygen atoms in total. The highest BCUT2D eigenvalue weighted by Crippen LogP contribution is 2.21. The van der Waals surface area contributed by atoms with Crippen LogP contribution in [0, 0.1) is 0 Å². The van der Waals surface area contributed by atoms with Crippen LogP contribution in [0.25, 0.3) is 11.0 Å². The Hall–Kier alpha value is -3.41. The second-order valence-corrected chi connectivity index (χ2v) is 6.08. The molecule has 3 aromatic rings. The summed E-state index contributed by atoms with van der Waals surface area (Å²) in [6, 6.07) is 17.4. The van der Waals surface area contributed by atoms with Gasteiger partial charge in [0.05, 0.1) is 6.04 Å². The van der Waals surface area contributed by atoms with E-state index in [1.54, 1.807) is 24.3 Å². The highest BCUT2D eigenvalue weighted by Gasteiger charge is 2.39. The number of para-hydroxylation sites is 1. The smallest absolute Gasteiger partial charge is 0.417 e. The van der Waals surface area contributed by atoms with Crippen LogP contribution in [-0.4, -0.2) is 29.5 Å². The molecule has 6 heteroatoms. The lowest BCUT2D eigenvalue weighted by Crippen LogP contribution is -2.41. The Bertz CT molecular complexity index is 1040. The van der Waals surface area contributed by atoms with Crippen LogP contribution in [0.3, 0.4) is 0 Å². The van der Waals surface area contributed by atoms with Crippen molar-refractivity contribution in [3.63, 3.8) is 0 Å². The third-order valence-electron chi connectivity index (χ3n) is 4.37. The monoisotopic (exact) mass is 349 g/mol. The molecule has 1 fully saturated rings. The third kappa shape index (κ3) is 2.86. The zero-order valence-electron chi connectivity index (χ0n) is 13.8. The Balaban J connectivity index is 1.68. The van der Waals surface area contributed by atoms with E-state index in [2.05, 4.69) is 0 Å². The molecule has 0 aliphatic carbocycles. The Morgan fingerprint density at radius 3 is 2.58 bits per heavy atom. The molecule has 1 aliphatic rings. The van der Waals surface area contributed by atoms with E-state index in [4.69, 9.17) is 9.15 Å². The van der Waals surface area contributed by atoms with Crippen molar-refractivity contribution in [2.45, 2.75) is 12.5 Å². The zero-order chi connectivity index (χ0) is 18.1. The number of hydrogen-bond donors (Lipinski definition) is 0. The Kier molecular flexibility index (Phi) is 4.01. The van der Waals surface area contributed by atoms with Gasteiger partial charge in [0, 0.05) is 5.39 Å². The molecule has 1 atom stereocenters. The number of imide groups is 1. The van der Waals surface area contributed by atoms with E-state index in [0.29, 0.717) is 17.4 Å². The van der Waals surface area contributed by atoms with E-state index in [-0.39, 0.29) is 12.2 Å². The molecule has 0 unspecified atom stereocenters. The molecule has 0 spiro atoms. The summed E-state index contributed by atoms with van der Waals surface area (Å²) in [5.74, 6) is -0.701. The van der Waals surface area contributed by atoms with Crippen LogP contribution < -0.4 is 5.63 Å². The quantitative estimate of drug-likeness (QED) is 0.680. The van der Waals surface area contributed by atoms with Crippen molar-refractivity contribution in [2.24, 2.45) is 0 Å². The molecule has 2 amide bonds. The number of ether oxygens (including phenoxy) is 1. The standard InChI is InChI=1S/C20H15NO5/c22-18(16-11-14-8-4-5-9-17(14)26-19(16)23)21-15(12-25-20(21)24)10-13-6-2-1-3-7-13/h1-9,11,15H,10,12H2/t15-/m0/s1. The van der Waals surface area contributed by atoms with Crippen LogP contribution in [0.4, 0.5) is 4.79 Å². The number of fused-ring (bicyclic) bond motifs is 1. The normalized spacial score (nSPS) is 16.7. The van der Waals surface area contributed by atoms with Gasteiger partial charge < -0.3 is 9.15 Å². The van der Waals surface area contributed by atoms with Crippen molar-refractivity contribution in [3.05, 3.63) is 82.2 Å². The first-order valence-electron chi connectivity index (χ1n) is 8.20. The van der Waals surface area contributed by atoms with Crippen molar-refractivity contribution >= 4 is 23.0 Å². The van der Waals surface area contributed by atoms with E-state index < -0.39 is 23.7 Å². The van der Waals surface area contributed by atoms with Gasteiger partial charge in [0.15, 0.2) is 0 Å².